The van der Waals surface area contributed by atoms with Crippen molar-refractivity contribution in [3.8, 4) is 0 Å². The van der Waals surface area contributed by atoms with E-state index < -0.39 is 0 Å². The van der Waals surface area contributed by atoms with E-state index in [-0.39, 0.29) is 0 Å². The fourth-order valence-electron chi connectivity index (χ4n) is 1.66. The predicted octanol–water partition coefficient (Wildman–Crippen LogP) is 2.83. The van der Waals surface area contributed by atoms with Crippen molar-refractivity contribution in [1.29, 1.82) is 0 Å². The Morgan fingerprint density at radius 2 is 2.00 bits per heavy atom. The normalized spacial score (nSPS) is 18.4. The molecule has 1 unspecified atom stereocenters. The van der Waals surface area contributed by atoms with E-state index in [0.29, 0.717) is 6.10 Å². The van der Waals surface area contributed by atoms with Crippen LogP contribution < -0.4 is 5.32 Å². The van der Waals surface area contributed by atoms with Crippen molar-refractivity contribution in [2.24, 2.45) is 11.8 Å². The van der Waals surface area contributed by atoms with Gasteiger partial charge in [-0.2, -0.15) is 0 Å². The first-order valence-electron chi connectivity index (χ1n) is 6.54. The second kappa shape index (κ2) is 7.24. The minimum absolute atomic E-state index is 0.439. The first-order valence-corrected chi connectivity index (χ1v) is 6.54. The summed E-state index contributed by atoms with van der Waals surface area (Å²) < 4.78 is 5.93. The molecule has 1 fully saturated rings. The highest BCUT2D eigenvalue weighted by atomic mass is 16.5. The van der Waals surface area contributed by atoms with Crippen LogP contribution in [0.5, 0.6) is 0 Å². The molecule has 1 aliphatic rings. The van der Waals surface area contributed by atoms with Crippen LogP contribution in [-0.4, -0.2) is 25.8 Å². The molecule has 0 heterocycles. The minimum atomic E-state index is 0.439. The molecule has 0 amide bonds. The Hall–Kier alpha value is -0.0800. The maximum atomic E-state index is 5.93. The largest absolute Gasteiger partial charge is 0.377 e. The number of ether oxygens (including phenoxy) is 1. The summed E-state index contributed by atoms with van der Waals surface area (Å²) in [4.78, 5) is 0. The van der Waals surface area contributed by atoms with E-state index >= 15 is 0 Å². The van der Waals surface area contributed by atoms with Gasteiger partial charge in [-0.25, -0.2) is 0 Å². The third-order valence-corrected chi connectivity index (χ3v) is 2.80. The Morgan fingerprint density at radius 1 is 1.27 bits per heavy atom. The number of nitrogens with one attached hydrogen (secondary N) is 1. The van der Waals surface area contributed by atoms with Crippen LogP contribution in [0.2, 0.25) is 0 Å². The molecule has 0 bridgehead atoms. The van der Waals surface area contributed by atoms with Gasteiger partial charge < -0.3 is 10.1 Å². The lowest BCUT2D eigenvalue weighted by Crippen LogP contribution is -2.32. The van der Waals surface area contributed by atoms with Gasteiger partial charge in [0.25, 0.3) is 0 Å². The Labute approximate surface area is 94.8 Å². The van der Waals surface area contributed by atoms with Crippen molar-refractivity contribution >= 4 is 0 Å². The van der Waals surface area contributed by atoms with E-state index in [1.54, 1.807) is 0 Å². The Kier molecular flexibility index (Phi) is 6.26. The highest BCUT2D eigenvalue weighted by molar-refractivity contribution is 4.73. The van der Waals surface area contributed by atoms with Gasteiger partial charge in [0.2, 0.25) is 0 Å². The SMILES string of the molecule is CCCC(CNCC(C)C)OCC1CC1. The van der Waals surface area contributed by atoms with Crippen LogP contribution in [0.15, 0.2) is 0 Å². The molecule has 1 saturated carbocycles. The average molecular weight is 213 g/mol. The zero-order valence-electron chi connectivity index (χ0n) is 10.6. The van der Waals surface area contributed by atoms with E-state index in [9.17, 15) is 0 Å². The molecule has 1 aliphatic carbocycles. The van der Waals surface area contributed by atoms with Gasteiger partial charge >= 0.3 is 0 Å². The summed E-state index contributed by atoms with van der Waals surface area (Å²) in [6.45, 7) is 9.84. The molecule has 90 valence electrons. The maximum absolute atomic E-state index is 5.93. The van der Waals surface area contributed by atoms with Crippen LogP contribution in [0.4, 0.5) is 0 Å². The molecular formula is C13H27NO. The van der Waals surface area contributed by atoms with E-state index in [2.05, 4.69) is 26.1 Å². The monoisotopic (exact) mass is 213 g/mol. The van der Waals surface area contributed by atoms with Gasteiger partial charge in [-0.3, -0.25) is 0 Å². The van der Waals surface area contributed by atoms with Crippen LogP contribution in [0.1, 0.15) is 46.5 Å². The molecule has 0 aromatic heterocycles. The zero-order valence-corrected chi connectivity index (χ0v) is 10.6. The fourth-order valence-corrected chi connectivity index (χ4v) is 1.66. The molecule has 1 rings (SSSR count). The summed E-state index contributed by atoms with van der Waals surface area (Å²) in [6, 6.07) is 0. The lowest BCUT2D eigenvalue weighted by molar-refractivity contribution is 0.0398. The molecule has 1 atom stereocenters. The lowest BCUT2D eigenvalue weighted by atomic mass is 10.2. The number of hydrogen-bond acceptors (Lipinski definition) is 2. The summed E-state index contributed by atoms with van der Waals surface area (Å²) in [5.74, 6) is 1.62. The van der Waals surface area contributed by atoms with Gasteiger partial charge in [0.05, 0.1) is 6.10 Å². The van der Waals surface area contributed by atoms with Crippen molar-refractivity contribution < 1.29 is 4.74 Å². The summed E-state index contributed by atoms with van der Waals surface area (Å²) in [5, 5.41) is 3.49. The summed E-state index contributed by atoms with van der Waals surface area (Å²) in [5.41, 5.74) is 0. The Morgan fingerprint density at radius 3 is 2.53 bits per heavy atom. The standard InChI is InChI=1S/C13H27NO/c1-4-5-13(9-14-8-11(2)3)15-10-12-6-7-12/h11-14H,4-10H2,1-3H3. The van der Waals surface area contributed by atoms with Crippen molar-refractivity contribution in [1.82, 2.24) is 5.32 Å². The van der Waals surface area contributed by atoms with Gasteiger partial charge in [0.15, 0.2) is 0 Å². The van der Waals surface area contributed by atoms with E-state index in [1.165, 1.54) is 25.7 Å². The van der Waals surface area contributed by atoms with Gasteiger partial charge in [0.1, 0.15) is 0 Å². The van der Waals surface area contributed by atoms with Gasteiger partial charge in [-0.15, -0.1) is 0 Å². The average Bonchev–Trinajstić information content (AvgIpc) is 2.97. The minimum Gasteiger partial charge on any atom is -0.377 e. The third-order valence-electron chi connectivity index (χ3n) is 2.80. The van der Waals surface area contributed by atoms with Crippen molar-refractivity contribution in [3.63, 3.8) is 0 Å². The smallest absolute Gasteiger partial charge is 0.0699 e. The fraction of sp³-hybridized carbons (Fsp3) is 1.00. The van der Waals surface area contributed by atoms with Gasteiger partial charge in [-0.1, -0.05) is 27.2 Å². The van der Waals surface area contributed by atoms with Crippen molar-refractivity contribution in [2.75, 3.05) is 19.7 Å². The van der Waals surface area contributed by atoms with Crippen LogP contribution >= 0.6 is 0 Å². The third kappa shape index (κ3) is 6.91. The van der Waals surface area contributed by atoms with Gasteiger partial charge in [-0.05, 0) is 37.6 Å². The quantitative estimate of drug-likeness (QED) is 0.636. The molecule has 1 N–H and O–H groups in total. The highest BCUT2D eigenvalue weighted by Gasteiger charge is 2.22. The maximum Gasteiger partial charge on any atom is 0.0699 e. The molecule has 2 heteroatoms. The van der Waals surface area contributed by atoms with Crippen LogP contribution in [0.3, 0.4) is 0 Å². The Bertz CT molecular complexity index is 155. The second-order valence-electron chi connectivity index (χ2n) is 5.24. The summed E-state index contributed by atoms with van der Waals surface area (Å²) in [7, 11) is 0. The molecule has 0 saturated heterocycles. The first kappa shape index (κ1) is 13.0. The molecule has 0 aromatic carbocycles. The van der Waals surface area contributed by atoms with E-state index in [4.69, 9.17) is 4.74 Å². The first-order chi connectivity index (χ1) is 7.22. The van der Waals surface area contributed by atoms with E-state index in [0.717, 1.165) is 31.5 Å². The van der Waals surface area contributed by atoms with Crippen LogP contribution in [-0.2, 0) is 4.74 Å². The van der Waals surface area contributed by atoms with Crippen molar-refractivity contribution in [3.05, 3.63) is 0 Å². The molecule has 0 radical (unpaired) electrons. The molecule has 15 heavy (non-hydrogen) atoms. The predicted molar refractivity (Wildman–Crippen MR) is 65.1 cm³/mol. The van der Waals surface area contributed by atoms with E-state index in [1.807, 2.05) is 0 Å². The highest BCUT2D eigenvalue weighted by Crippen LogP contribution is 2.29. The zero-order chi connectivity index (χ0) is 11.1. The number of hydrogen-bond donors (Lipinski definition) is 1. The summed E-state index contributed by atoms with van der Waals surface area (Å²) >= 11 is 0. The molecule has 0 aromatic rings. The van der Waals surface area contributed by atoms with Gasteiger partial charge in [0, 0.05) is 13.2 Å². The van der Waals surface area contributed by atoms with Crippen molar-refractivity contribution in [2.45, 2.75) is 52.6 Å². The molecule has 0 spiro atoms. The molecular weight excluding hydrogens is 186 g/mol. The lowest BCUT2D eigenvalue weighted by Gasteiger charge is -2.18. The molecule has 0 aliphatic heterocycles. The Balaban J connectivity index is 2.05. The number of rotatable bonds is 9. The van der Waals surface area contributed by atoms with Crippen LogP contribution in [0.25, 0.3) is 0 Å². The second-order valence-corrected chi connectivity index (χ2v) is 5.24. The van der Waals surface area contributed by atoms with Crippen LogP contribution in [0, 0.1) is 11.8 Å². The molecule has 2 nitrogen and oxygen atoms in total. The summed E-state index contributed by atoms with van der Waals surface area (Å²) in [6.07, 6.45) is 5.63. The topological polar surface area (TPSA) is 21.3 Å².